The molecule has 0 aliphatic carbocycles. The van der Waals surface area contributed by atoms with Crippen LogP contribution in [0.15, 0.2) is 66.7 Å². The molecule has 1 atom stereocenters. The SMILES string of the molecule is CS(=O)NC(=O)c1sc2ccccc2c1CCCOc1cccc2ccccc12. The second kappa shape index (κ2) is 8.76. The number of fused-ring (bicyclic) bond motifs is 2. The minimum absolute atomic E-state index is 0.281. The first-order chi connectivity index (χ1) is 14.1. The molecule has 4 aromatic rings. The number of aryl methyl sites for hydroxylation is 1. The molecule has 1 unspecified atom stereocenters. The Balaban J connectivity index is 1.50. The second-order valence-corrected chi connectivity index (χ2v) is 8.89. The highest BCUT2D eigenvalue weighted by Gasteiger charge is 2.18. The van der Waals surface area contributed by atoms with Crippen molar-refractivity contribution in [3.05, 3.63) is 77.2 Å². The summed E-state index contributed by atoms with van der Waals surface area (Å²) < 4.78 is 21.1. The maximum absolute atomic E-state index is 12.5. The normalized spacial score (nSPS) is 12.2. The Bertz CT molecular complexity index is 1190. The largest absolute Gasteiger partial charge is 0.493 e. The number of thiophene rings is 1. The van der Waals surface area contributed by atoms with Crippen molar-refractivity contribution in [2.45, 2.75) is 12.8 Å². The van der Waals surface area contributed by atoms with Crippen LogP contribution in [0.25, 0.3) is 20.9 Å². The van der Waals surface area contributed by atoms with Gasteiger partial charge in [0.2, 0.25) is 0 Å². The van der Waals surface area contributed by atoms with Gasteiger partial charge in [0, 0.05) is 16.3 Å². The van der Waals surface area contributed by atoms with Crippen molar-refractivity contribution >= 4 is 49.1 Å². The van der Waals surface area contributed by atoms with Gasteiger partial charge in [0.1, 0.15) is 16.7 Å². The first-order valence-electron chi connectivity index (χ1n) is 9.39. The molecule has 0 saturated carbocycles. The Labute approximate surface area is 176 Å². The minimum Gasteiger partial charge on any atom is -0.493 e. The van der Waals surface area contributed by atoms with Crippen LogP contribution in [-0.4, -0.2) is 23.0 Å². The van der Waals surface area contributed by atoms with Crippen molar-refractivity contribution in [2.75, 3.05) is 12.9 Å². The van der Waals surface area contributed by atoms with E-state index < -0.39 is 11.0 Å². The summed E-state index contributed by atoms with van der Waals surface area (Å²) in [6.07, 6.45) is 2.95. The van der Waals surface area contributed by atoms with Crippen LogP contribution in [0.3, 0.4) is 0 Å². The molecule has 3 aromatic carbocycles. The highest BCUT2D eigenvalue weighted by atomic mass is 32.2. The Morgan fingerprint density at radius 2 is 1.72 bits per heavy atom. The number of hydrogen-bond donors (Lipinski definition) is 1. The summed E-state index contributed by atoms with van der Waals surface area (Å²) in [5.41, 5.74) is 0.995. The fourth-order valence-electron chi connectivity index (χ4n) is 3.46. The van der Waals surface area contributed by atoms with Crippen molar-refractivity contribution < 1.29 is 13.7 Å². The van der Waals surface area contributed by atoms with Gasteiger partial charge in [0.15, 0.2) is 0 Å². The van der Waals surface area contributed by atoms with Gasteiger partial charge in [0.05, 0.1) is 11.5 Å². The predicted molar refractivity (Wildman–Crippen MR) is 121 cm³/mol. The van der Waals surface area contributed by atoms with Gasteiger partial charge < -0.3 is 4.74 Å². The van der Waals surface area contributed by atoms with Gasteiger partial charge in [-0.15, -0.1) is 11.3 Å². The van der Waals surface area contributed by atoms with Crippen molar-refractivity contribution in [3.8, 4) is 5.75 Å². The number of amides is 1. The van der Waals surface area contributed by atoms with Gasteiger partial charge >= 0.3 is 0 Å². The van der Waals surface area contributed by atoms with E-state index in [9.17, 15) is 9.00 Å². The van der Waals surface area contributed by atoms with Crippen LogP contribution in [0, 0.1) is 0 Å². The van der Waals surface area contributed by atoms with Crippen molar-refractivity contribution in [3.63, 3.8) is 0 Å². The summed E-state index contributed by atoms with van der Waals surface area (Å²) in [4.78, 5) is 13.2. The number of carbonyl (C=O) groups excluding carboxylic acids is 1. The molecule has 1 heterocycles. The number of rotatable bonds is 7. The van der Waals surface area contributed by atoms with Crippen molar-refractivity contribution in [1.29, 1.82) is 0 Å². The molecule has 4 nitrogen and oxygen atoms in total. The van der Waals surface area contributed by atoms with Crippen molar-refractivity contribution in [1.82, 2.24) is 4.72 Å². The first-order valence-corrected chi connectivity index (χ1v) is 11.8. The van der Waals surface area contributed by atoms with E-state index in [-0.39, 0.29) is 5.91 Å². The molecule has 6 heteroatoms. The van der Waals surface area contributed by atoms with Gasteiger partial charge in [0.25, 0.3) is 5.91 Å². The molecule has 1 N–H and O–H groups in total. The van der Waals surface area contributed by atoms with Gasteiger partial charge in [-0.3, -0.25) is 9.52 Å². The molecule has 0 aliphatic heterocycles. The lowest BCUT2D eigenvalue weighted by molar-refractivity contribution is 0.0986. The van der Waals surface area contributed by atoms with E-state index >= 15 is 0 Å². The molecule has 1 amide bonds. The lowest BCUT2D eigenvalue weighted by Gasteiger charge is -2.10. The fourth-order valence-corrected chi connectivity index (χ4v) is 5.03. The number of ether oxygens (including phenoxy) is 1. The average molecular weight is 424 g/mol. The zero-order valence-corrected chi connectivity index (χ0v) is 17.6. The van der Waals surface area contributed by atoms with Crippen LogP contribution in [0.1, 0.15) is 21.7 Å². The molecular formula is C23H21NO3S2. The van der Waals surface area contributed by atoms with Crippen LogP contribution < -0.4 is 9.46 Å². The molecule has 4 rings (SSSR count). The van der Waals surface area contributed by atoms with E-state index in [0.717, 1.165) is 38.6 Å². The second-order valence-electron chi connectivity index (χ2n) is 6.72. The zero-order valence-electron chi connectivity index (χ0n) is 16.0. The molecule has 0 bridgehead atoms. The van der Waals surface area contributed by atoms with E-state index in [4.69, 9.17) is 4.74 Å². The summed E-state index contributed by atoms with van der Waals surface area (Å²) in [7, 11) is -1.39. The summed E-state index contributed by atoms with van der Waals surface area (Å²) >= 11 is 1.44. The molecular weight excluding hydrogens is 402 g/mol. The maximum atomic E-state index is 12.5. The smallest absolute Gasteiger partial charge is 0.273 e. The maximum Gasteiger partial charge on any atom is 0.273 e. The van der Waals surface area contributed by atoms with Crippen LogP contribution in [0.4, 0.5) is 0 Å². The van der Waals surface area contributed by atoms with Gasteiger partial charge in [-0.05, 0) is 41.3 Å². The standard InChI is InChI=1S/C23H21NO3S2/c1-29(26)24-23(25)22-19(18-11-4-5-14-21(18)28-22)12-7-15-27-20-13-6-9-16-8-2-3-10-17(16)20/h2-6,8-11,13-14H,7,12,15H2,1H3,(H,24,25). The molecule has 0 radical (unpaired) electrons. The average Bonchev–Trinajstić information content (AvgIpc) is 3.10. The quantitative estimate of drug-likeness (QED) is 0.421. The van der Waals surface area contributed by atoms with E-state index in [1.54, 1.807) is 0 Å². The Morgan fingerprint density at radius 3 is 2.55 bits per heavy atom. The van der Waals surface area contributed by atoms with Crippen LogP contribution in [0.5, 0.6) is 5.75 Å². The van der Waals surface area contributed by atoms with Crippen LogP contribution >= 0.6 is 11.3 Å². The summed E-state index contributed by atoms with van der Waals surface area (Å²) in [6, 6.07) is 22.2. The number of nitrogens with one attached hydrogen (secondary N) is 1. The number of benzene rings is 3. The van der Waals surface area contributed by atoms with Crippen LogP contribution in [0.2, 0.25) is 0 Å². The molecule has 0 aliphatic rings. The molecule has 0 fully saturated rings. The third-order valence-electron chi connectivity index (χ3n) is 4.72. The highest BCUT2D eigenvalue weighted by molar-refractivity contribution is 7.82. The molecule has 0 saturated heterocycles. The third-order valence-corrected chi connectivity index (χ3v) is 6.40. The topological polar surface area (TPSA) is 55.4 Å². The van der Waals surface area contributed by atoms with E-state index in [0.29, 0.717) is 17.9 Å². The fraction of sp³-hybridized carbons (Fsp3) is 0.174. The Morgan fingerprint density at radius 1 is 1.00 bits per heavy atom. The summed E-state index contributed by atoms with van der Waals surface area (Å²) in [5.74, 6) is 0.592. The van der Waals surface area contributed by atoms with E-state index in [1.807, 2.05) is 48.5 Å². The molecule has 29 heavy (non-hydrogen) atoms. The molecule has 1 aromatic heterocycles. The lowest BCUT2D eigenvalue weighted by Crippen LogP contribution is -2.24. The number of hydrogen-bond acceptors (Lipinski definition) is 4. The number of carbonyl (C=O) groups is 1. The van der Waals surface area contributed by atoms with Crippen molar-refractivity contribution in [2.24, 2.45) is 0 Å². The summed E-state index contributed by atoms with van der Waals surface area (Å²) in [5, 5.41) is 3.33. The zero-order chi connectivity index (χ0) is 20.2. The van der Waals surface area contributed by atoms with Crippen LogP contribution in [-0.2, 0) is 17.4 Å². The third kappa shape index (κ3) is 4.33. The predicted octanol–water partition coefficient (Wildman–Crippen LogP) is 5.09. The van der Waals surface area contributed by atoms with Gasteiger partial charge in [-0.1, -0.05) is 54.6 Å². The van der Waals surface area contributed by atoms with E-state index in [1.165, 1.54) is 17.6 Å². The Kier molecular flexibility index (Phi) is 5.92. The van der Waals surface area contributed by atoms with E-state index in [2.05, 4.69) is 22.9 Å². The van der Waals surface area contributed by atoms with Gasteiger partial charge in [-0.25, -0.2) is 4.21 Å². The Hall–Kier alpha value is -2.70. The monoisotopic (exact) mass is 423 g/mol. The van der Waals surface area contributed by atoms with Gasteiger partial charge in [-0.2, -0.15) is 0 Å². The molecule has 148 valence electrons. The first kappa shape index (κ1) is 19.6. The highest BCUT2D eigenvalue weighted by Crippen LogP contribution is 2.32. The minimum atomic E-state index is -1.39. The lowest BCUT2D eigenvalue weighted by atomic mass is 10.1. The summed E-state index contributed by atoms with van der Waals surface area (Å²) in [6.45, 7) is 0.555. The molecule has 0 spiro atoms.